The maximum absolute atomic E-state index is 6.13. The number of anilines is 2. The van der Waals surface area contributed by atoms with Gasteiger partial charge in [-0.3, -0.25) is 0 Å². The Kier molecular flexibility index (Phi) is 3.90. The first kappa shape index (κ1) is 13.4. The zero-order chi connectivity index (χ0) is 13.9. The molecule has 20 heavy (non-hydrogen) atoms. The molecule has 0 spiro atoms. The fourth-order valence-electron chi connectivity index (χ4n) is 3.08. The van der Waals surface area contributed by atoms with Crippen molar-refractivity contribution in [3.05, 3.63) is 12.1 Å². The fraction of sp³-hybridized carbons (Fsp3) is 0.625. The minimum absolute atomic E-state index is 0.518. The molecule has 0 bridgehead atoms. The van der Waals surface area contributed by atoms with E-state index in [1.54, 1.807) is 0 Å². The smallest absolute Gasteiger partial charge is 0.163 e. The van der Waals surface area contributed by atoms with Gasteiger partial charge in [0.25, 0.3) is 0 Å². The third-order valence-corrected chi connectivity index (χ3v) is 4.33. The molecule has 0 saturated heterocycles. The summed E-state index contributed by atoms with van der Waals surface area (Å²) < 4.78 is 11.2. The number of hydrogen-bond acceptors (Lipinski definition) is 4. The number of nitrogens with one attached hydrogen (secondary N) is 1. The molecule has 0 radical (unpaired) electrons. The molecule has 110 valence electrons. The number of benzene rings is 1. The maximum atomic E-state index is 6.13. The Morgan fingerprint density at radius 2 is 1.80 bits per heavy atom. The monoisotopic (exact) mass is 276 g/mol. The Morgan fingerprint density at radius 1 is 1.05 bits per heavy atom. The van der Waals surface area contributed by atoms with Crippen LogP contribution in [-0.4, -0.2) is 19.3 Å². The highest BCUT2D eigenvalue weighted by atomic mass is 16.6. The van der Waals surface area contributed by atoms with Crippen molar-refractivity contribution in [2.24, 2.45) is 5.92 Å². The molecule has 1 aliphatic carbocycles. The summed E-state index contributed by atoms with van der Waals surface area (Å²) >= 11 is 0. The number of hydrogen-bond donors (Lipinski definition) is 2. The Balaban J connectivity index is 1.73. The van der Waals surface area contributed by atoms with E-state index in [0.717, 1.165) is 28.8 Å². The van der Waals surface area contributed by atoms with Gasteiger partial charge < -0.3 is 20.5 Å². The molecular weight excluding hydrogens is 252 g/mol. The second kappa shape index (κ2) is 5.81. The number of rotatable bonds is 2. The molecule has 2 atom stereocenters. The molecule has 1 aliphatic heterocycles. The van der Waals surface area contributed by atoms with Crippen LogP contribution in [-0.2, 0) is 0 Å². The predicted molar refractivity (Wildman–Crippen MR) is 81.5 cm³/mol. The molecule has 1 aromatic rings. The van der Waals surface area contributed by atoms with Crippen LogP contribution in [0.25, 0.3) is 0 Å². The van der Waals surface area contributed by atoms with E-state index in [9.17, 15) is 0 Å². The van der Waals surface area contributed by atoms with Crippen LogP contribution in [0.1, 0.15) is 39.0 Å². The van der Waals surface area contributed by atoms with Crippen LogP contribution in [0.15, 0.2) is 12.1 Å². The number of fused-ring (bicyclic) bond motifs is 1. The van der Waals surface area contributed by atoms with Crippen molar-refractivity contribution in [3.63, 3.8) is 0 Å². The molecule has 1 saturated carbocycles. The zero-order valence-electron chi connectivity index (χ0n) is 12.2. The molecule has 1 fully saturated rings. The van der Waals surface area contributed by atoms with Gasteiger partial charge in [-0.05, 0) is 25.2 Å². The molecule has 1 heterocycles. The summed E-state index contributed by atoms with van der Waals surface area (Å²) in [6.45, 7) is 3.55. The van der Waals surface area contributed by atoms with Gasteiger partial charge in [0.05, 0.1) is 11.4 Å². The van der Waals surface area contributed by atoms with Crippen LogP contribution in [0.5, 0.6) is 11.5 Å². The van der Waals surface area contributed by atoms with Gasteiger partial charge in [-0.1, -0.05) is 19.8 Å². The molecule has 0 amide bonds. The Hall–Kier alpha value is -1.58. The van der Waals surface area contributed by atoms with Gasteiger partial charge in [0.2, 0.25) is 0 Å². The molecule has 4 heteroatoms. The van der Waals surface area contributed by atoms with Gasteiger partial charge in [0.1, 0.15) is 13.2 Å². The lowest BCUT2D eigenvalue weighted by Crippen LogP contribution is -2.20. The molecule has 4 nitrogen and oxygen atoms in total. The summed E-state index contributed by atoms with van der Waals surface area (Å²) in [4.78, 5) is 0. The van der Waals surface area contributed by atoms with Crippen molar-refractivity contribution in [1.29, 1.82) is 0 Å². The van der Waals surface area contributed by atoms with Crippen LogP contribution in [0.2, 0.25) is 0 Å². The summed E-state index contributed by atoms with van der Waals surface area (Å²) in [5, 5.41) is 3.60. The quantitative estimate of drug-likeness (QED) is 0.642. The zero-order valence-corrected chi connectivity index (χ0v) is 12.2. The van der Waals surface area contributed by atoms with Crippen LogP contribution in [0.4, 0.5) is 11.4 Å². The Bertz CT molecular complexity index is 476. The van der Waals surface area contributed by atoms with Gasteiger partial charge >= 0.3 is 0 Å². The Labute approximate surface area is 120 Å². The van der Waals surface area contributed by atoms with Crippen molar-refractivity contribution in [3.8, 4) is 11.5 Å². The van der Waals surface area contributed by atoms with E-state index in [1.807, 2.05) is 12.1 Å². The lowest BCUT2D eigenvalue weighted by molar-refractivity contribution is 0.172. The van der Waals surface area contributed by atoms with E-state index in [0.29, 0.717) is 19.3 Å². The van der Waals surface area contributed by atoms with Gasteiger partial charge in [-0.2, -0.15) is 0 Å². The van der Waals surface area contributed by atoms with Crippen molar-refractivity contribution in [2.45, 2.75) is 45.1 Å². The van der Waals surface area contributed by atoms with E-state index < -0.39 is 0 Å². The van der Waals surface area contributed by atoms with Gasteiger partial charge in [-0.15, -0.1) is 0 Å². The molecule has 2 unspecified atom stereocenters. The SMILES string of the molecule is CC1CCCC(Nc2cc3c(cc2N)OCCO3)CC1. The van der Waals surface area contributed by atoms with Crippen LogP contribution >= 0.6 is 0 Å². The summed E-state index contributed by atoms with van der Waals surface area (Å²) in [6, 6.07) is 4.37. The molecule has 1 aromatic carbocycles. The van der Waals surface area contributed by atoms with Crippen LogP contribution in [0, 0.1) is 5.92 Å². The Morgan fingerprint density at radius 3 is 2.60 bits per heavy atom. The molecule has 3 rings (SSSR count). The molecule has 2 aliphatic rings. The first-order valence-electron chi connectivity index (χ1n) is 7.68. The van der Waals surface area contributed by atoms with Crippen molar-refractivity contribution < 1.29 is 9.47 Å². The lowest BCUT2D eigenvalue weighted by atomic mass is 10.0. The highest BCUT2D eigenvalue weighted by Crippen LogP contribution is 2.38. The molecule has 0 aromatic heterocycles. The average molecular weight is 276 g/mol. The molecule has 3 N–H and O–H groups in total. The number of nitrogen functional groups attached to an aromatic ring is 1. The number of nitrogens with two attached hydrogens (primary N) is 1. The standard InChI is InChI=1S/C16H24N2O2/c1-11-3-2-4-12(6-5-11)18-14-10-16-15(9-13(14)17)19-7-8-20-16/h9-12,18H,2-8,17H2,1H3. The maximum Gasteiger partial charge on any atom is 0.163 e. The largest absolute Gasteiger partial charge is 0.486 e. The minimum atomic E-state index is 0.518. The van der Waals surface area contributed by atoms with E-state index in [1.165, 1.54) is 32.1 Å². The first-order valence-corrected chi connectivity index (χ1v) is 7.68. The van der Waals surface area contributed by atoms with Crippen molar-refractivity contribution in [2.75, 3.05) is 24.3 Å². The topological polar surface area (TPSA) is 56.5 Å². The first-order chi connectivity index (χ1) is 9.72. The van der Waals surface area contributed by atoms with E-state index >= 15 is 0 Å². The van der Waals surface area contributed by atoms with Crippen LogP contribution in [0.3, 0.4) is 0 Å². The minimum Gasteiger partial charge on any atom is -0.486 e. The third-order valence-electron chi connectivity index (χ3n) is 4.33. The van der Waals surface area contributed by atoms with Crippen molar-refractivity contribution in [1.82, 2.24) is 0 Å². The summed E-state index contributed by atoms with van der Waals surface area (Å²) in [7, 11) is 0. The normalized spacial score (nSPS) is 25.9. The van der Waals surface area contributed by atoms with E-state index in [2.05, 4.69) is 12.2 Å². The number of ether oxygens (including phenoxy) is 2. The average Bonchev–Trinajstić information content (AvgIpc) is 2.65. The van der Waals surface area contributed by atoms with Crippen molar-refractivity contribution >= 4 is 11.4 Å². The second-order valence-electron chi connectivity index (χ2n) is 6.04. The van der Waals surface area contributed by atoms with E-state index in [4.69, 9.17) is 15.2 Å². The summed E-state index contributed by atoms with van der Waals surface area (Å²) in [6.07, 6.45) is 6.37. The van der Waals surface area contributed by atoms with Gasteiger partial charge in [0.15, 0.2) is 11.5 Å². The highest BCUT2D eigenvalue weighted by molar-refractivity contribution is 5.72. The summed E-state index contributed by atoms with van der Waals surface area (Å²) in [5.41, 5.74) is 7.85. The lowest BCUT2D eigenvalue weighted by Gasteiger charge is -2.23. The second-order valence-corrected chi connectivity index (χ2v) is 6.04. The van der Waals surface area contributed by atoms with E-state index in [-0.39, 0.29) is 0 Å². The van der Waals surface area contributed by atoms with Gasteiger partial charge in [-0.25, -0.2) is 0 Å². The fourth-order valence-corrected chi connectivity index (χ4v) is 3.08. The summed E-state index contributed by atoms with van der Waals surface area (Å²) in [5.74, 6) is 2.41. The molecular formula is C16H24N2O2. The highest BCUT2D eigenvalue weighted by Gasteiger charge is 2.19. The van der Waals surface area contributed by atoms with Crippen LogP contribution < -0.4 is 20.5 Å². The van der Waals surface area contributed by atoms with Gasteiger partial charge in [0, 0.05) is 18.2 Å². The third kappa shape index (κ3) is 2.94. The predicted octanol–water partition coefficient (Wildman–Crippen LogP) is 3.42.